The van der Waals surface area contributed by atoms with Crippen LogP contribution in [0.2, 0.25) is 0 Å². The van der Waals surface area contributed by atoms with E-state index in [2.05, 4.69) is 5.32 Å². The number of amides is 2. The topological polar surface area (TPSA) is 49.4 Å². The van der Waals surface area contributed by atoms with Crippen molar-refractivity contribution < 1.29 is 9.59 Å². The average molecular weight is 274 g/mol. The highest BCUT2D eigenvalue weighted by atomic mass is 16.2. The van der Waals surface area contributed by atoms with Crippen molar-refractivity contribution in [2.45, 2.75) is 32.7 Å². The van der Waals surface area contributed by atoms with Gasteiger partial charge in [-0.2, -0.15) is 0 Å². The van der Waals surface area contributed by atoms with Gasteiger partial charge in [0.15, 0.2) is 0 Å². The number of aryl methyl sites for hydroxylation is 1. The first-order valence-electron chi connectivity index (χ1n) is 7.14. The fraction of sp³-hybridized carbons (Fsp3) is 0.500. The molecule has 0 aliphatic carbocycles. The second-order valence-electron chi connectivity index (χ2n) is 5.46. The number of rotatable bonds is 4. The fourth-order valence-corrected chi connectivity index (χ4v) is 2.70. The molecule has 1 aromatic carbocycles. The van der Waals surface area contributed by atoms with E-state index in [1.807, 2.05) is 38.1 Å². The average Bonchev–Trinajstić information content (AvgIpc) is 2.73. The molecule has 0 unspecified atom stereocenters. The van der Waals surface area contributed by atoms with E-state index in [1.54, 1.807) is 11.9 Å². The van der Waals surface area contributed by atoms with Gasteiger partial charge in [-0.3, -0.25) is 9.59 Å². The van der Waals surface area contributed by atoms with Crippen molar-refractivity contribution in [1.29, 1.82) is 0 Å². The van der Waals surface area contributed by atoms with Crippen LogP contribution in [0, 0.1) is 12.8 Å². The highest BCUT2D eigenvalue weighted by Crippen LogP contribution is 2.37. The highest BCUT2D eigenvalue weighted by molar-refractivity contribution is 5.90. The Kier molecular flexibility index (Phi) is 4.42. The number of nitrogens with one attached hydrogen (secondary N) is 1. The van der Waals surface area contributed by atoms with Crippen LogP contribution < -0.4 is 5.32 Å². The Morgan fingerprint density at radius 1 is 1.35 bits per heavy atom. The van der Waals surface area contributed by atoms with Crippen molar-refractivity contribution in [3.05, 3.63) is 35.4 Å². The van der Waals surface area contributed by atoms with Gasteiger partial charge in [-0.1, -0.05) is 36.8 Å². The first kappa shape index (κ1) is 14.6. The summed E-state index contributed by atoms with van der Waals surface area (Å²) in [6.07, 6.45) is 1.20. The molecule has 0 bridgehead atoms. The van der Waals surface area contributed by atoms with Crippen LogP contribution in [0.25, 0.3) is 0 Å². The molecule has 2 amide bonds. The molecule has 1 heterocycles. The van der Waals surface area contributed by atoms with Crippen LogP contribution in [0.4, 0.5) is 0 Å². The van der Waals surface area contributed by atoms with Crippen molar-refractivity contribution in [1.82, 2.24) is 10.2 Å². The van der Waals surface area contributed by atoms with Crippen LogP contribution in [0.5, 0.6) is 0 Å². The molecule has 108 valence electrons. The molecule has 1 aliphatic heterocycles. The molecule has 0 radical (unpaired) electrons. The molecule has 4 heteroatoms. The van der Waals surface area contributed by atoms with Crippen molar-refractivity contribution in [2.75, 3.05) is 13.6 Å². The zero-order chi connectivity index (χ0) is 14.7. The molecule has 1 fully saturated rings. The highest BCUT2D eigenvalue weighted by Gasteiger charge is 2.42. The van der Waals surface area contributed by atoms with Crippen LogP contribution in [0.1, 0.15) is 36.9 Å². The summed E-state index contributed by atoms with van der Waals surface area (Å²) in [6.45, 7) is 4.70. The monoisotopic (exact) mass is 274 g/mol. The predicted molar refractivity (Wildman–Crippen MR) is 78.1 cm³/mol. The number of carbonyl (C=O) groups is 2. The minimum absolute atomic E-state index is 0.0184. The first-order chi connectivity index (χ1) is 9.54. The zero-order valence-electron chi connectivity index (χ0n) is 12.3. The summed E-state index contributed by atoms with van der Waals surface area (Å²) in [4.78, 5) is 25.9. The molecule has 2 rings (SSSR count). The van der Waals surface area contributed by atoms with Crippen LogP contribution >= 0.6 is 0 Å². The largest absolute Gasteiger partial charge is 0.356 e. The summed E-state index contributed by atoms with van der Waals surface area (Å²) in [7, 11) is 1.78. The number of nitrogens with zero attached hydrogens (tertiary/aromatic N) is 1. The van der Waals surface area contributed by atoms with E-state index < -0.39 is 0 Å². The minimum atomic E-state index is -0.290. The minimum Gasteiger partial charge on any atom is -0.356 e. The second kappa shape index (κ2) is 6.07. The van der Waals surface area contributed by atoms with E-state index in [-0.39, 0.29) is 23.8 Å². The number of carbonyl (C=O) groups excluding carboxylic acids is 2. The summed E-state index contributed by atoms with van der Waals surface area (Å²) >= 11 is 0. The molecular weight excluding hydrogens is 252 g/mol. The lowest BCUT2D eigenvalue weighted by atomic mass is 9.92. The Labute approximate surface area is 120 Å². The van der Waals surface area contributed by atoms with Gasteiger partial charge in [-0.15, -0.1) is 0 Å². The molecule has 1 saturated heterocycles. The lowest BCUT2D eigenvalue weighted by Gasteiger charge is -2.25. The Bertz CT molecular complexity index is 496. The van der Waals surface area contributed by atoms with Crippen molar-refractivity contribution >= 4 is 11.8 Å². The molecule has 1 aromatic rings. The molecular formula is C16H22N2O2. The standard InChI is InChI=1S/C16H22N2O2/c1-4-9-17-16(20)13-10-14(19)18(3)15(13)12-7-5-11(2)6-8-12/h5-8,13,15H,4,9-10H2,1-3H3,(H,17,20)/t13-,15+/m1/s1. The molecule has 1 N–H and O–H groups in total. The normalized spacial score (nSPS) is 22.1. The lowest BCUT2D eigenvalue weighted by molar-refractivity contribution is -0.128. The smallest absolute Gasteiger partial charge is 0.226 e. The maximum atomic E-state index is 12.3. The quantitative estimate of drug-likeness (QED) is 0.913. The van der Waals surface area contributed by atoms with E-state index in [0.717, 1.165) is 12.0 Å². The summed E-state index contributed by atoms with van der Waals surface area (Å²) in [5.41, 5.74) is 2.20. The molecule has 0 aromatic heterocycles. The molecule has 0 saturated carbocycles. The summed E-state index contributed by atoms with van der Waals surface area (Å²) < 4.78 is 0. The van der Waals surface area contributed by atoms with Crippen LogP contribution in [0.15, 0.2) is 24.3 Å². The Balaban J connectivity index is 2.24. The molecule has 1 aliphatic rings. The third-order valence-electron chi connectivity index (χ3n) is 3.89. The van der Waals surface area contributed by atoms with Crippen LogP contribution in [-0.4, -0.2) is 30.3 Å². The van der Waals surface area contributed by atoms with E-state index in [9.17, 15) is 9.59 Å². The van der Waals surface area contributed by atoms with Gasteiger partial charge in [0.2, 0.25) is 11.8 Å². The van der Waals surface area contributed by atoms with Crippen molar-refractivity contribution in [2.24, 2.45) is 5.92 Å². The number of hydrogen-bond acceptors (Lipinski definition) is 2. The van der Waals surface area contributed by atoms with E-state index in [4.69, 9.17) is 0 Å². The third kappa shape index (κ3) is 2.84. The van der Waals surface area contributed by atoms with E-state index in [0.29, 0.717) is 13.0 Å². The van der Waals surface area contributed by atoms with Gasteiger partial charge in [-0.25, -0.2) is 0 Å². The van der Waals surface area contributed by atoms with Crippen LogP contribution in [0.3, 0.4) is 0 Å². The maximum absolute atomic E-state index is 12.3. The molecule has 0 spiro atoms. The number of likely N-dealkylation sites (tertiary alicyclic amines) is 1. The molecule has 2 atom stereocenters. The zero-order valence-corrected chi connectivity index (χ0v) is 12.3. The van der Waals surface area contributed by atoms with Gasteiger partial charge in [0.1, 0.15) is 0 Å². The van der Waals surface area contributed by atoms with Gasteiger partial charge in [0, 0.05) is 20.0 Å². The van der Waals surface area contributed by atoms with Gasteiger partial charge >= 0.3 is 0 Å². The van der Waals surface area contributed by atoms with Gasteiger partial charge < -0.3 is 10.2 Å². The van der Waals surface area contributed by atoms with Crippen molar-refractivity contribution in [3.8, 4) is 0 Å². The first-order valence-corrected chi connectivity index (χ1v) is 7.14. The van der Waals surface area contributed by atoms with Gasteiger partial charge in [0.05, 0.1) is 12.0 Å². The maximum Gasteiger partial charge on any atom is 0.226 e. The van der Waals surface area contributed by atoms with Gasteiger partial charge in [-0.05, 0) is 18.9 Å². The fourth-order valence-electron chi connectivity index (χ4n) is 2.70. The Morgan fingerprint density at radius 2 is 2.00 bits per heavy atom. The molecule has 20 heavy (non-hydrogen) atoms. The second-order valence-corrected chi connectivity index (χ2v) is 5.46. The van der Waals surface area contributed by atoms with Crippen LogP contribution in [-0.2, 0) is 9.59 Å². The summed E-state index contributed by atoms with van der Waals surface area (Å²) in [5, 5.41) is 2.91. The third-order valence-corrected chi connectivity index (χ3v) is 3.89. The van der Waals surface area contributed by atoms with E-state index >= 15 is 0 Å². The van der Waals surface area contributed by atoms with Gasteiger partial charge in [0.25, 0.3) is 0 Å². The van der Waals surface area contributed by atoms with Crippen molar-refractivity contribution in [3.63, 3.8) is 0 Å². The predicted octanol–water partition coefficient (Wildman–Crippen LogP) is 2.04. The lowest BCUT2D eigenvalue weighted by Crippen LogP contribution is -2.34. The summed E-state index contributed by atoms with van der Waals surface area (Å²) in [6, 6.07) is 7.91. The Hall–Kier alpha value is -1.84. The summed E-state index contributed by atoms with van der Waals surface area (Å²) in [5.74, 6) is -0.274. The number of hydrogen-bond donors (Lipinski definition) is 1. The Morgan fingerprint density at radius 3 is 2.60 bits per heavy atom. The number of benzene rings is 1. The molecule has 4 nitrogen and oxygen atoms in total. The van der Waals surface area contributed by atoms with E-state index in [1.165, 1.54) is 5.56 Å². The SMILES string of the molecule is CCCNC(=O)[C@@H]1CC(=O)N(C)[C@H]1c1ccc(C)cc1.